The third-order valence-corrected chi connectivity index (χ3v) is 13.1. The second-order valence-corrected chi connectivity index (χ2v) is 16.0. The average molecular weight is 763 g/mol. The van der Waals surface area contributed by atoms with Crippen molar-refractivity contribution in [1.29, 1.82) is 0 Å². The van der Waals surface area contributed by atoms with Crippen LogP contribution in [0.5, 0.6) is 0 Å². The Morgan fingerprint density at radius 3 is 1.65 bits per heavy atom. The molecule has 0 saturated carbocycles. The fraction of sp³-hybridized carbons (Fsp3) is 0. The SMILES string of the molecule is c1ccc(N2c3cc4c(cc3B3c5cccnc5N(c5ccccc5)c5nccc2c53)B2c3c(ccnc3N4c3ccccc3)-n3c4ccccc4c4cccc2c43)cc1. The topological polar surface area (TPSA) is 53.3 Å². The van der Waals surface area contributed by atoms with Crippen molar-refractivity contribution in [3.8, 4) is 5.69 Å². The van der Waals surface area contributed by atoms with Gasteiger partial charge in [-0.25, -0.2) is 15.0 Å². The molecule has 0 saturated heterocycles. The van der Waals surface area contributed by atoms with E-state index in [9.17, 15) is 0 Å². The molecule has 14 rings (SSSR count). The van der Waals surface area contributed by atoms with Crippen LogP contribution < -0.4 is 47.5 Å². The minimum absolute atomic E-state index is 0.0674. The number of para-hydroxylation sites is 5. The van der Waals surface area contributed by atoms with E-state index in [0.29, 0.717) is 0 Å². The first-order valence-electron chi connectivity index (χ1n) is 20.5. The monoisotopic (exact) mass is 763 g/mol. The number of fused-ring (bicyclic) bond motifs is 11. The minimum atomic E-state index is -0.126. The number of rotatable bonds is 3. The van der Waals surface area contributed by atoms with Crippen LogP contribution in [0.15, 0.2) is 188 Å². The average Bonchev–Trinajstić information content (AvgIpc) is 3.66. The number of hydrogen-bond acceptors (Lipinski definition) is 6. The highest BCUT2D eigenvalue weighted by Crippen LogP contribution is 2.46. The normalized spacial score (nSPS) is 13.8. The molecule has 0 radical (unpaired) electrons. The third-order valence-electron chi connectivity index (χ3n) is 13.1. The van der Waals surface area contributed by atoms with Gasteiger partial charge in [-0.2, -0.15) is 0 Å². The minimum Gasteiger partial charge on any atom is -0.311 e. The first kappa shape index (κ1) is 32.1. The van der Waals surface area contributed by atoms with E-state index in [1.54, 1.807) is 0 Å². The van der Waals surface area contributed by atoms with Gasteiger partial charge in [0.1, 0.15) is 17.5 Å². The van der Waals surface area contributed by atoms with Crippen LogP contribution in [0.2, 0.25) is 0 Å². The summed E-state index contributed by atoms with van der Waals surface area (Å²) in [5.41, 5.74) is 17.5. The second kappa shape index (κ2) is 11.8. The van der Waals surface area contributed by atoms with Crippen molar-refractivity contribution in [2.24, 2.45) is 0 Å². The lowest BCUT2D eigenvalue weighted by Crippen LogP contribution is -2.65. The molecule has 0 atom stereocenters. The molecule has 276 valence electrons. The van der Waals surface area contributed by atoms with Gasteiger partial charge in [0, 0.05) is 74.7 Å². The molecule has 0 aliphatic carbocycles. The fourth-order valence-electron chi connectivity index (χ4n) is 10.8. The van der Waals surface area contributed by atoms with Crippen molar-refractivity contribution >= 4 is 120 Å². The van der Waals surface area contributed by atoms with Crippen molar-refractivity contribution in [1.82, 2.24) is 19.5 Å². The highest BCUT2D eigenvalue weighted by Gasteiger charge is 2.48. The van der Waals surface area contributed by atoms with E-state index < -0.39 is 0 Å². The molecule has 0 N–H and O–H groups in total. The first-order chi connectivity index (χ1) is 29.8. The van der Waals surface area contributed by atoms with Crippen LogP contribution in [0.25, 0.3) is 27.5 Å². The lowest BCUT2D eigenvalue weighted by molar-refractivity contribution is 1.12. The van der Waals surface area contributed by atoms with E-state index in [2.05, 4.69) is 189 Å². The van der Waals surface area contributed by atoms with Crippen molar-refractivity contribution < 1.29 is 0 Å². The molecule has 60 heavy (non-hydrogen) atoms. The summed E-state index contributed by atoms with van der Waals surface area (Å²) in [5.74, 6) is 2.75. The van der Waals surface area contributed by atoms with Crippen LogP contribution in [-0.4, -0.2) is 32.9 Å². The standard InChI is InChI=1S/C51H31B2N7/c1-4-14-32(15-5-1)57-42-25-28-56-51-46(42)53(38-23-13-27-54-49(38)59(51)34-18-8-3-9-19-34)39-30-40-45(31-44(39)57)58(33-16-6-2-7-17-33)50-47-43(26-29-55-50)60-41-24-11-10-20-35(41)36-21-12-22-37(48(36)60)52(40)47/h1-31H. The van der Waals surface area contributed by atoms with E-state index in [4.69, 9.17) is 15.0 Å². The number of nitrogens with zero attached hydrogens (tertiary/aromatic N) is 7. The van der Waals surface area contributed by atoms with Gasteiger partial charge in [-0.1, -0.05) is 103 Å². The van der Waals surface area contributed by atoms with Crippen LogP contribution in [0.3, 0.4) is 0 Å². The van der Waals surface area contributed by atoms with Crippen molar-refractivity contribution in [3.63, 3.8) is 0 Å². The summed E-state index contributed by atoms with van der Waals surface area (Å²) in [7, 11) is 0. The summed E-state index contributed by atoms with van der Waals surface area (Å²) in [6.07, 6.45) is 5.85. The highest BCUT2D eigenvalue weighted by atomic mass is 15.3. The molecule has 8 heterocycles. The lowest BCUT2D eigenvalue weighted by Gasteiger charge is -2.45. The van der Waals surface area contributed by atoms with Crippen LogP contribution in [-0.2, 0) is 0 Å². The van der Waals surface area contributed by atoms with E-state index in [-0.39, 0.29) is 13.4 Å². The molecule has 0 amide bonds. The van der Waals surface area contributed by atoms with Gasteiger partial charge in [-0.3, -0.25) is 9.80 Å². The number of benzene rings is 6. The van der Waals surface area contributed by atoms with Crippen LogP contribution >= 0.6 is 0 Å². The quantitative estimate of drug-likeness (QED) is 0.173. The van der Waals surface area contributed by atoms with Gasteiger partial charge in [0.2, 0.25) is 0 Å². The molecule has 6 aromatic carbocycles. The maximum Gasteiger partial charge on any atom is 0.256 e. The van der Waals surface area contributed by atoms with Gasteiger partial charge in [-0.15, -0.1) is 0 Å². The van der Waals surface area contributed by atoms with Gasteiger partial charge in [-0.05, 0) is 99.5 Å². The van der Waals surface area contributed by atoms with E-state index in [1.807, 2.05) is 18.6 Å². The summed E-state index contributed by atoms with van der Waals surface area (Å²) >= 11 is 0. The predicted molar refractivity (Wildman–Crippen MR) is 248 cm³/mol. The van der Waals surface area contributed by atoms with Gasteiger partial charge in [0.25, 0.3) is 13.4 Å². The molecule has 4 aliphatic heterocycles. The van der Waals surface area contributed by atoms with Gasteiger partial charge < -0.3 is 9.47 Å². The zero-order chi connectivity index (χ0) is 39.1. The number of pyridine rings is 3. The summed E-state index contributed by atoms with van der Waals surface area (Å²) in [6.45, 7) is -0.194. The smallest absolute Gasteiger partial charge is 0.256 e. The molecule has 9 heteroatoms. The Morgan fingerprint density at radius 1 is 0.350 bits per heavy atom. The van der Waals surface area contributed by atoms with Gasteiger partial charge >= 0.3 is 0 Å². The molecule has 0 unspecified atom stereocenters. The van der Waals surface area contributed by atoms with Gasteiger partial charge in [0.15, 0.2) is 0 Å². The zero-order valence-corrected chi connectivity index (χ0v) is 32.2. The van der Waals surface area contributed by atoms with E-state index in [1.165, 1.54) is 54.8 Å². The molecule has 0 bridgehead atoms. The molecule has 0 spiro atoms. The summed E-state index contributed by atoms with van der Waals surface area (Å²) in [4.78, 5) is 22.7. The third kappa shape index (κ3) is 4.08. The highest BCUT2D eigenvalue weighted by molar-refractivity contribution is 7.03. The Labute approximate surface area is 346 Å². The zero-order valence-electron chi connectivity index (χ0n) is 32.2. The second-order valence-electron chi connectivity index (χ2n) is 16.0. The lowest BCUT2D eigenvalue weighted by atomic mass is 9.31. The summed E-state index contributed by atoms with van der Waals surface area (Å²) < 4.78 is 2.48. The molecule has 10 aromatic rings. The summed E-state index contributed by atoms with van der Waals surface area (Å²) in [6, 6.07) is 61.4. The Morgan fingerprint density at radius 2 is 0.900 bits per heavy atom. The molecule has 4 aliphatic rings. The fourth-order valence-corrected chi connectivity index (χ4v) is 10.8. The van der Waals surface area contributed by atoms with Crippen molar-refractivity contribution in [2.75, 3.05) is 14.7 Å². The Hall–Kier alpha value is -7.90. The van der Waals surface area contributed by atoms with Crippen molar-refractivity contribution in [3.05, 3.63) is 188 Å². The predicted octanol–water partition coefficient (Wildman–Crippen LogP) is 7.66. The van der Waals surface area contributed by atoms with Crippen LogP contribution in [0.1, 0.15) is 0 Å². The molecule has 4 aromatic heterocycles. The summed E-state index contributed by atoms with van der Waals surface area (Å²) in [5, 5.41) is 2.53. The van der Waals surface area contributed by atoms with Crippen LogP contribution in [0.4, 0.5) is 51.6 Å². The van der Waals surface area contributed by atoms with E-state index in [0.717, 1.165) is 57.0 Å². The number of hydrogen-bond donors (Lipinski definition) is 0. The number of anilines is 9. The Bertz CT molecular complexity index is 3430. The Kier molecular flexibility index (Phi) is 6.33. The first-order valence-corrected chi connectivity index (χ1v) is 20.5. The molecular formula is C51H31B2N7. The maximum absolute atomic E-state index is 5.29. The maximum atomic E-state index is 5.29. The van der Waals surface area contributed by atoms with Gasteiger partial charge in [0.05, 0.1) is 5.52 Å². The van der Waals surface area contributed by atoms with Crippen LogP contribution in [0, 0.1) is 0 Å². The molecule has 0 fully saturated rings. The van der Waals surface area contributed by atoms with E-state index >= 15 is 0 Å². The molecular weight excluding hydrogens is 732 g/mol. The van der Waals surface area contributed by atoms with Crippen molar-refractivity contribution in [2.45, 2.75) is 0 Å². The number of aromatic nitrogens is 4. The molecule has 7 nitrogen and oxygen atoms in total. The largest absolute Gasteiger partial charge is 0.311 e. The Balaban J connectivity index is 1.12.